The van der Waals surface area contributed by atoms with Crippen molar-refractivity contribution in [2.24, 2.45) is 5.41 Å². The Labute approximate surface area is 94.8 Å². The molecule has 1 saturated heterocycles. The number of rotatable bonds is 2. The SMILES string of the molecule is CC1(C)CN(c2cccc(Cl)c2C=O)C1. The van der Waals surface area contributed by atoms with Crippen LogP contribution in [0.4, 0.5) is 5.69 Å². The summed E-state index contributed by atoms with van der Waals surface area (Å²) >= 11 is 5.97. The second kappa shape index (κ2) is 3.53. The molecule has 0 saturated carbocycles. The largest absolute Gasteiger partial charge is 0.370 e. The monoisotopic (exact) mass is 223 g/mol. The van der Waals surface area contributed by atoms with Crippen LogP contribution < -0.4 is 4.90 Å². The summed E-state index contributed by atoms with van der Waals surface area (Å²) < 4.78 is 0. The number of anilines is 1. The summed E-state index contributed by atoms with van der Waals surface area (Å²) in [6.45, 7) is 6.39. The van der Waals surface area contributed by atoms with Crippen LogP contribution in [0.5, 0.6) is 0 Å². The third-order valence-corrected chi connectivity index (χ3v) is 3.06. The quantitative estimate of drug-likeness (QED) is 0.719. The van der Waals surface area contributed by atoms with Crippen LogP contribution in [0.3, 0.4) is 0 Å². The fourth-order valence-corrected chi connectivity index (χ4v) is 2.29. The van der Waals surface area contributed by atoms with Crippen molar-refractivity contribution in [3.8, 4) is 0 Å². The minimum absolute atomic E-state index is 0.350. The number of hydrogen-bond donors (Lipinski definition) is 0. The van der Waals surface area contributed by atoms with E-state index in [4.69, 9.17) is 11.6 Å². The third kappa shape index (κ3) is 1.86. The van der Waals surface area contributed by atoms with Crippen molar-refractivity contribution in [1.29, 1.82) is 0 Å². The topological polar surface area (TPSA) is 20.3 Å². The van der Waals surface area contributed by atoms with Crippen molar-refractivity contribution >= 4 is 23.6 Å². The molecule has 1 aliphatic heterocycles. The fourth-order valence-electron chi connectivity index (χ4n) is 2.08. The number of aldehydes is 1. The number of nitrogens with zero attached hydrogens (tertiary/aromatic N) is 1. The first-order valence-electron chi connectivity index (χ1n) is 5.02. The zero-order valence-corrected chi connectivity index (χ0v) is 9.71. The van der Waals surface area contributed by atoms with E-state index in [-0.39, 0.29) is 0 Å². The Morgan fingerprint density at radius 3 is 2.60 bits per heavy atom. The molecule has 1 aliphatic rings. The minimum atomic E-state index is 0.350. The van der Waals surface area contributed by atoms with Crippen LogP contribution in [0, 0.1) is 5.41 Å². The van der Waals surface area contributed by atoms with E-state index in [9.17, 15) is 4.79 Å². The molecule has 0 spiro atoms. The number of halogens is 1. The van der Waals surface area contributed by atoms with Crippen LogP contribution in [0.25, 0.3) is 0 Å². The average Bonchev–Trinajstić information content (AvgIpc) is 2.13. The lowest BCUT2D eigenvalue weighted by molar-refractivity contribution is 0.112. The van der Waals surface area contributed by atoms with E-state index >= 15 is 0 Å². The smallest absolute Gasteiger partial charge is 0.153 e. The maximum Gasteiger partial charge on any atom is 0.153 e. The van der Waals surface area contributed by atoms with Gasteiger partial charge in [0.15, 0.2) is 6.29 Å². The maximum absolute atomic E-state index is 10.9. The average molecular weight is 224 g/mol. The molecule has 2 rings (SSSR count). The van der Waals surface area contributed by atoms with Crippen molar-refractivity contribution in [3.05, 3.63) is 28.8 Å². The van der Waals surface area contributed by atoms with Crippen molar-refractivity contribution in [3.63, 3.8) is 0 Å². The van der Waals surface area contributed by atoms with Crippen molar-refractivity contribution < 1.29 is 4.79 Å². The second-order valence-electron chi connectivity index (χ2n) is 4.81. The Kier molecular flexibility index (Phi) is 2.47. The fraction of sp³-hybridized carbons (Fsp3) is 0.417. The standard InChI is InChI=1S/C12H14ClNO/c1-12(2)7-14(8-12)11-5-3-4-10(13)9(11)6-15/h3-6H,7-8H2,1-2H3. The molecule has 1 aromatic rings. The van der Waals surface area contributed by atoms with Gasteiger partial charge in [-0.1, -0.05) is 31.5 Å². The molecule has 0 aromatic heterocycles. The normalized spacial score (nSPS) is 18.5. The highest BCUT2D eigenvalue weighted by atomic mass is 35.5. The maximum atomic E-state index is 10.9. The van der Waals surface area contributed by atoms with Gasteiger partial charge in [0.05, 0.1) is 10.6 Å². The zero-order chi connectivity index (χ0) is 11.1. The van der Waals surface area contributed by atoms with Crippen molar-refractivity contribution in [1.82, 2.24) is 0 Å². The molecule has 15 heavy (non-hydrogen) atoms. The Bertz CT molecular complexity index is 393. The molecule has 0 aliphatic carbocycles. The second-order valence-corrected chi connectivity index (χ2v) is 5.22. The van der Waals surface area contributed by atoms with E-state index in [1.807, 2.05) is 12.1 Å². The lowest BCUT2D eigenvalue weighted by Gasteiger charge is -2.47. The molecular weight excluding hydrogens is 210 g/mol. The van der Waals surface area contributed by atoms with E-state index in [2.05, 4.69) is 18.7 Å². The van der Waals surface area contributed by atoms with E-state index in [0.29, 0.717) is 16.0 Å². The number of benzene rings is 1. The van der Waals surface area contributed by atoms with Crippen LogP contribution >= 0.6 is 11.6 Å². The summed E-state index contributed by atoms with van der Waals surface area (Å²) in [6, 6.07) is 5.58. The lowest BCUT2D eigenvalue weighted by Crippen LogP contribution is -2.53. The summed E-state index contributed by atoms with van der Waals surface area (Å²) in [6.07, 6.45) is 0.836. The molecule has 0 amide bonds. The highest BCUT2D eigenvalue weighted by molar-refractivity contribution is 6.33. The molecule has 1 heterocycles. The number of carbonyl (C=O) groups excluding carboxylic acids is 1. The Morgan fingerprint density at radius 1 is 1.40 bits per heavy atom. The Balaban J connectivity index is 2.30. The predicted octanol–water partition coefficient (Wildman–Crippen LogP) is 3.00. The van der Waals surface area contributed by atoms with Gasteiger partial charge in [0.1, 0.15) is 0 Å². The van der Waals surface area contributed by atoms with Crippen LogP contribution in [0.1, 0.15) is 24.2 Å². The van der Waals surface area contributed by atoms with E-state index < -0.39 is 0 Å². The molecule has 0 radical (unpaired) electrons. The van der Waals surface area contributed by atoms with Gasteiger partial charge in [-0.05, 0) is 17.5 Å². The Morgan fingerprint density at radius 2 is 2.07 bits per heavy atom. The van der Waals surface area contributed by atoms with Gasteiger partial charge in [0.25, 0.3) is 0 Å². The van der Waals surface area contributed by atoms with E-state index in [1.165, 1.54) is 0 Å². The summed E-state index contributed by atoms with van der Waals surface area (Å²) in [7, 11) is 0. The highest BCUT2D eigenvalue weighted by Gasteiger charge is 2.35. The molecule has 0 N–H and O–H groups in total. The van der Waals surface area contributed by atoms with E-state index in [1.54, 1.807) is 6.07 Å². The molecule has 0 atom stereocenters. The van der Waals surface area contributed by atoms with Gasteiger partial charge in [-0.25, -0.2) is 0 Å². The molecule has 1 fully saturated rings. The van der Waals surface area contributed by atoms with Crippen LogP contribution in [0.2, 0.25) is 5.02 Å². The molecule has 3 heteroatoms. The molecule has 0 unspecified atom stereocenters. The Hall–Kier alpha value is -1.02. The first-order chi connectivity index (χ1) is 7.03. The van der Waals surface area contributed by atoms with Gasteiger partial charge in [0.2, 0.25) is 0 Å². The van der Waals surface area contributed by atoms with Gasteiger partial charge in [0, 0.05) is 18.8 Å². The summed E-state index contributed by atoms with van der Waals surface area (Å²) in [5, 5.41) is 0.534. The zero-order valence-electron chi connectivity index (χ0n) is 8.96. The predicted molar refractivity (Wildman–Crippen MR) is 62.8 cm³/mol. The molecule has 1 aromatic carbocycles. The first-order valence-corrected chi connectivity index (χ1v) is 5.40. The molecular formula is C12H14ClNO. The molecule has 80 valence electrons. The summed E-state index contributed by atoms with van der Waals surface area (Å²) in [5.74, 6) is 0. The highest BCUT2D eigenvalue weighted by Crippen LogP contribution is 2.36. The molecule has 2 nitrogen and oxygen atoms in total. The van der Waals surface area contributed by atoms with E-state index in [0.717, 1.165) is 25.1 Å². The summed E-state index contributed by atoms with van der Waals surface area (Å²) in [4.78, 5) is 13.1. The van der Waals surface area contributed by atoms with Gasteiger partial charge < -0.3 is 4.90 Å². The van der Waals surface area contributed by atoms with Gasteiger partial charge in [-0.3, -0.25) is 4.79 Å². The van der Waals surface area contributed by atoms with Crippen LogP contribution in [-0.4, -0.2) is 19.4 Å². The van der Waals surface area contributed by atoms with Crippen LogP contribution in [0.15, 0.2) is 18.2 Å². The van der Waals surface area contributed by atoms with Crippen molar-refractivity contribution in [2.75, 3.05) is 18.0 Å². The van der Waals surface area contributed by atoms with Gasteiger partial charge in [-0.2, -0.15) is 0 Å². The van der Waals surface area contributed by atoms with Gasteiger partial charge >= 0.3 is 0 Å². The minimum Gasteiger partial charge on any atom is -0.370 e. The number of carbonyl (C=O) groups is 1. The first kappa shape index (κ1) is 10.5. The third-order valence-electron chi connectivity index (χ3n) is 2.73. The van der Waals surface area contributed by atoms with Crippen molar-refractivity contribution in [2.45, 2.75) is 13.8 Å². The van der Waals surface area contributed by atoms with Gasteiger partial charge in [-0.15, -0.1) is 0 Å². The summed E-state index contributed by atoms with van der Waals surface area (Å²) in [5.41, 5.74) is 1.91. The number of hydrogen-bond acceptors (Lipinski definition) is 2. The molecule has 0 bridgehead atoms. The lowest BCUT2D eigenvalue weighted by atomic mass is 9.83. The van der Waals surface area contributed by atoms with Crippen LogP contribution in [-0.2, 0) is 0 Å².